The first-order chi connectivity index (χ1) is 9.24. The lowest BCUT2D eigenvalue weighted by Gasteiger charge is -2.11. The lowest BCUT2D eigenvalue weighted by atomic mass is 10.4. The predicted octanol–water partition coefficient (Wildman–Crippen LogP) is 1.54. The second-order valence-electron chi connectivity index (χ2n) is 4.07. The summed E-state index contributed by atoms with van der Waals surface area (Å²) in [6.07, 6.45) is 3.54. The van der Waals surface area contributed by atoms with Crippen molar-refractivity contribution in [2.75, 3.05) is 40.5 Å². The zero-order valence-corrected chi connectivity index (χ0v) is 15.1. The normalized spacial score (nSPS) is 10.7. The molecule has 0 aromatic carbocycles. The lowest BCUT2D eigenvalue weighted by molar-refractivity contribution is -0.140. The van der Waals surface area contributed by atoms with E-state index in [-0.39, 0.29) is 29.9 Å². The van der Waals surface area contributed by atoms with Crippen LogP contribution in [-0.2, 0) is 14.3 Å². The van der Waals surface area contributed by atoms with Crippen LogP contribution in [-0.4, -0.2) is 52.4 Å². The van der Waals surface area contributed by atoms with Crippen molar-refractivity contribution in [2.24, 2.45) is 4.99 Å². The summed E-state index contributed by atoms with van der Waals surface area (Å²) in [6.45, 7) is 5.05. The molecule has 0 fully saturated rings. The number of esters is 1. The summed E-state index contributed by atoms with van der Waals surface area (Å²) in [5.41, 5.74) is 0. The number of guanidine groups is 1. The van der Waals surface area contributed by atoms with Crippen LogP contribution in [0.4, 0.5) is 0 Å². The minimum absolute atomic E-state index is 0. The molecule has 0 aromatic heterocycles. The molecule has 0 aliphatic carbocycles. The molecule has 0 radical (unpaired) electrons. The van der Waals surface area contributed by atoms with E-state index in [2.05, 4.69) is 27.3 Å². The molecule has 7 heteroatoms. The van der Waals surface area contributed by atoms with Gasteiger partial charge in [0.25, 0.3) is 0 Å². The highest BCUT2D eigenvalue weighted by molar-refractivity contribution is 14.0. The Morgan fingerprint density at radius 1 is 1.15 bits per heavy atom. The Labute approximate surface area is 139 Å². The minimum atomic E-state index is -0.229. The van der Waals surface area contributed by atoms with Gasteiger partial charge in [-0.25, -0.2) is 0 Å². The van der Waals surface area contributed by atoms with Crippen LogP contribution in [0.5, 0.6) is 0 Å². The average molecular weight is 401 g/mol. The summed E-state index contributed by atoms with van der Waals surface area (Å²) >= 11 is 0. The SMILES string of the molecule is CCCCOCCCNC(=NC)NCCC(=O)OC.I. The second kappa shape index (κ2) is 16.5. The highest BCUT2D eigenvalue weighted by atomic mass is 127. The molecule has 0 heterocycles. The molecule has 0 unspecified atom stereocenters. The molecule has 0 aromatic rings. The van der Waals surface area contributed by atoms with E-state index >= 15 is 0 Å². The maximum absolute atomic E-state index is 10.9. The van der Waals surface area contributed by atoms with E-state index < -0.39 is 0 Å². The number of hydrogen-bond acceptors (Lipinski definition) is 4. The Morgan fingerprint density at radius 3 is 2.40 bits per heavy atom. The first-order valence-corrected chi connectivity index (χ1v) is 6.83. The van der Waals surface area contributed by atoms with Gasteiger partial charge in [0.05, 0.1) is 13.5 Å². The molecule has 2 N–H and O–H groups in total. The fourth-order valence-electron chi connectivity index (χ4n) is 1.34. The smallest absolute Gasteiger partial charge is 0.307 e. The van der Waals surface area contributed by atoms with Crippen LogP contribution in [0.2, 0.25) is 0 Å². The molecule has 0 atom stereocenters. The van der Waals surface area contributed by atoms with Crippen molar-refractivity contribution in [1.82, 2.24) is 10.6 Å². The Morgan fingerprint density at radius 2 is 1.80 bits per heavy atom. The van der Waals surface area contributed by atoms with Crippen LogP contribution in [0.3, 0.4) is 0 Å². The first-order valence-electron chi connectivity index (χ1n) is 6.83. The average Bonchev–Trinajstić information content (AvgIpc) is 2.44. The number of hydrogen-bond donors (Lipinski definition) is 2. The third-order valence-electron chi connectivity index (χ3n) is 2.47. The van der Waals surface area contributed by atoms with Gasteiger partial charge in [-0.3, -0.25) is 9.79 Å². The van der Waals surface area contributed by atoms with Gasteiger partial charge in [-0.2, -0.15) is 0 Å². The van der Waals surface area contributed by atoms with Crippen LogP contribution < -0.4 is 10.6 Å². The van der Waals surface area contributed by atoms with E-state index in [9.17, 15) is 4.79 Å². The van der Waals surface area contributed by atoms with Gasteiger partial charge in [0.15, 0.2) is 5.96 Å². The van der Waals surface area contributed by atoms with Gasteiger partial charge in [0.2, 0.25) is 0 Å². The van der Waals surface area contributed by atoms with E-state index in [1.807, 2.05) is 0 Å². The molecule has 0 aliphatic heterocycles. The Kier molecular flexibility index (Phi) is 17.9. The van der Waals surface area contributed by atoms with Gasteiger partial charge >= 0.3 is 5.97 Å². The number of aliphatic imine (C=N–C) groups is 1. The van der Waals surface area contributed by atoms with Gasteiger partial charge in [-0.1, -0.05) is 13.3 Å². The third-order valence-corrected chi connectivity index (χ3v) is 2.47. The molecule has 0 rings (SSSR count). The number of carbonyl (C=O) groups is 1. The Hall–Kier alpha value is -0.570. The number of rotatable bonds is 10. The number of unbranched alkanes of at least 4 members (excludes halogenated alkanes) is 1. The van der Waals surface area contributed by atoms with Crippen molar-refractivity contribution < 1.29 is 14.3 Å². The van der Waals surface area contributed by atoms with Crippen LogP contribution in [0.1, 0.15) is 32.6 Å². The van der Waals surface area contributed by atoms with E-state index in [0.717, 1.165) is 39.0 Å². The quantitative estimate of drug-likeness (QED) is 0.191. The largest absolute Gasteiger partial charge is 0.469 e. The van der Waals surface area contributed by atoms with Gasteiger partial charge in [0.1, 0.15) is 0 Å². The maximum atomic E-state index is 10.9. The number of nitrogens with zero attached hydrogens (tertiary/aromatic N) is 1. The number of halogens is 1. The molecule has 120 valence electrons. The summed E-state index contributed by atoms with van der Waals surface area (Å²) in [4.78, 5) is 15.0. The first kappa shape index (κ1) is 21.7. The van der Waals surface area contributed by atoms with Crippen molar-refractivity contribution in [3.63, 3.8) is 0 Å². The van der Waals surface area contributed by atoms with Gasteiger partial charge < -0.3 is 20.1 Å². The molecular weight excluding hydrogens is 373 g/mol. The summed E-state index contributed by atoms with van der Waals surface area (Å²) in [7, 11) is 3.08. The fourth-order valence-corrected chi connectivity index (χ4v) is 1.34. The Bertz CT molecular complexity index is 263. The van der Waals surface area contributed by atoms with E-state index in [1.54, 1.807) is 7.05 Å². The molecule has 6 nitrogen and oxygen atoms in total. The minimum Gasteiger partial charge on any atom is -0.469 e. The van der Waals surface area contributed by atoms with Crippen LogP contribution in [0.15, 0.2) is 4.99 Å². The van der Waals surface area contributed by atoms with E-state index in [1.165, 1.54) is 7.11 Å². The molecular formula is C13H28IN3O3. The number of carbonyl (C=O) groups excluding carboxylic acids is 1. The van der Waals surface area contributed by atoms with Crippen molar-refractivity contribution in [2.45, 2.75) is 32.6 Å². The molecule has 20 heavy (non-hydrogen) atoms. The summed E-state index contributed by atoms with van der Waals surface area (Å²) in [5.74, 6) is 0.463. The monoisotopic (exact) mass is 401 g/mol. The number of ether oxygens (including phenoxy) is 2. The van der Waals surface area contributed by atoms with Gasteiger partial charge in [0, 0.05) is 33.4 Å². The van der Waals surface area contributed by atoms with Crippen molar-refractivity contribution in [3.8, 4) is 0 Å². The van der Waals surface area contributed by atoms with Crippen molar-refractivity contribution in [1.29, 1.82) is 0 Å². The van der Waals surface area contributed by atoms with Crippen molar-refractivity contribution in [3.05, 3.63) is 0 Å². The van der Waals surface area contributed by atoms with Gasteiger partial charge in [-0.15, -0.1) is 24.0 Å². The zero-order valence-electron chi connectivity index (χ0n) is 12.7. The highest BCUT2D eigenvalue weighted by Crippen LogP contribution is 1.89. The topological polar surface area (TPSA) is 72.0 Å². The summed E-state index contributed by atoms with van der Waals surface area (Å²) in [5, 5.41) is 6.20. The summed E-state index contributed by atoms with van der Waals surface area (Å²) < 4.78 is 10.0. The fraction of sp³-hybridized carbons (Fsp3) is 0.846. The Balaban J connectivity index is 0. The lowest BCUT2D eigenvalue weighted by Crippen LogP contribution is -2.39. The highest BCUT2D eigenvalue weighted by Gasteiger charge is 2.01. The van der Waals surface area contributed by atoms with E-state index in [0.29, 0.717) is 18.9 Å². The maximum Gasteiger partial charge on any atom is 0.307 e. The van der Waals surface area contributed by atoms with Crippen LogP contribution >= 0.6 is 24.0 Å². The molecule has 0 saturated heterocycles. The summed E-state index contributed by atoms with van der Waals surface area (Å²) in [6, 6.07) is 0. The van der Waals surface area contributed by atoms with Crippen LogP contribution in [0, 0.1) is 0 Å². The number of methoxy groups -OCH3 is 1. The zero-order chi connectivity index (χ0) is 14.3. The molecule has 0 spiro atoms. The van der Waals surface area contributed by atoms with Crippen molar-refractivity contribution >= 4 is 35.9 Å². The van der Waals surface area contributed by atoms with Gasteiger partial charge in [-0.05, 0) is 12.8 Å². The second-order valence-corrected chi connectivity index (χ2v) is 4.07. The molecule has 0 bridgehead atoms. The molecule has 0 saturated carbocycles. The standard InChI is InChI=1S/C13H27N3O3.HI/c1-4-5-10-19-11-6-8-15-13(14-2)16-9-7-12(17)18-3;/h4-11H2,1-3H3,(H2,14,15,16);1H. The van der Waals surface area contributed by atoms with Crippen LogP contribution in [0.25, 0.3) is 0 Å². The number of nitrogens with one attached hydrogen (secondary N) is 2. The molecule has 0 amide bonds. The predicted molar refractivity (Wildman–Crippen MR) is 91.8 cm³/mol. The molecule has 0 aliphatic rings. The third kappa shape index (κ3) is 13.9. The van der Waals surface area contributed by atoms with E-state index in [4.69, 9.17) is 4.74 Å².